The Hall–Kier alpha value is -3.47. The Kier molecular flexibility index (Phi) is 4.20. The SMILES string of the molecule is Cc1ccc(NC(=O)c2cc(-c3ccccc3)nc3c2cnn3C)cc1C. The highest BCUT2D eigenvalue weighted by Gasteiger charge is 2.17. The number of nitrogens with zero attached hydrogens (tertiary/aromatic N) is 3. The minimum atomic E-state index is -0.171. The Morgan fingerprint density at radius 2 is 1.78 bits per heavy atom. The molecule has 2 aromatic heterocycles. The normalized spacial score (nSPS) is 10.9. The number of rotatable bonds is 3. The van der Waals surface area contributed by atoms with Gasteiger partial charge in [0, 0.05) is 18.3 Å². The molecule has 1 amide bonds. The second-order valence-electron chi connectivity index (χ2n) is 6.68. The summed E-state index contributed by atoms with van der Waals surface area (Å²) < 4.78 is 1.69. The van der Waals surface area contributed by atoms with E-state index in [4.69, 9.17) is 4.98 Å². The number of anilines is 1. The molecule has 2 heterocycles. The smallest absolute Gasteiger partial charge is 0.256 e. The fraction of sp³-hybridized carbons (Fsp3) is 0.136. The second-order valence-corrected chi connectivity index (χ2v) is 6.68. The predicted octanol–water partition coefficient (Wildman–Crippen LogP) is 4.50. The van der Waals surface area contributed by atoms with Crippen molar-refractivity contribution in [2.45, 2.75) is 13.8 Å². The number of pyridine rings is 1. The number of hydrogen-bond acceptors (Lipinski definition) is 3. The average Bonchev–Trinajstić information content (AvgIpc) is 3.06. The summed E-state index contributed by atoms with van der Waals surface area (Å²) in [6.07, 6.45) is 1.69. The van der Waals surface area contributed by atoms with E-state index in [2.05, 4.69) is 17.3 Å². The molecule has 0 aliphatic heterocycles. The van der Waals surface area contributed by atoms with Crippen molar-refractivity contribution < 1.29 is 4.79 Å². The second kappa shape index (κ2) is 6.68. The maximum absolute atomic E-state index is 13.0. The average molecular weight is 356 g/mol. The fourth-order valence-electron chi connectivity index (χ4n) is 3.08. The highest BCUT2D eigenvalue weighted by atomic mass is 16.1. The zero-order valence-electron chi connectivity index (χ0n) is 15.5. The molecular weight excluding hydrogens is 336 g/mol. The van der Waals surface area contributed by atoms with Gasteiger partial charge in [0.25, 0.3) is 5.91 Å². The Bertz CT molecular complexity index is 1150. The molecule has 2 aromatic carbocycles. The van der Waals surface area contributed by atoms with E-state index < -0.39 is 0 Å². The number of amides is 1. The first-order valence-electron chi connectivity index (χ1n) is 8.80. The third kappa shape index (κ3) is 3.19. The molecule has 1 N–H and O–H groups in total. The van der Waals surface area contributed by atoms with Gasteiger partial charge in [-0.3, -0.25) is 9.48 Å². The van der Waals surface area contributed by atoms with E-state index in [0.717, 1.165) is 27.9 Å². The Morgan fingerprint density at radius 1 is 1.00 bits per heavy atom. The molecule has 4 rings (SSSR count). The first kappa shape index (κ1) is 17.0. The Balaban J connectivity index is 1.80. The van der Waals surface area contributed by atoms with Gasteiger partial charge in [-0.1, -0.05) is 36.4 Å². The van der Waals surface area contributed by atoms with E-state index >= 15 is 0 Å². The van der Waals surface area contributed by atoms with Crippen molar-refractivity contribution in [2.24, 2.45) is 7.05 Å². The van der Waals surface area contributed by atoms with Crippen LogP contribution in [-0.2, 0) is 7.05 Å². The zero-order valence-corrected chi connectivity index (χ0v) is 15.5. The van der Waals surface area contributed by atoms with Gasteiger partial charge in [0.05, 0.1) is 22.8 Å². The molecule has 0 aliphatic rings. The molecule has 0 saturated heterocycles. The van der Waals surface area contributed by atoms with E-state index in [1.165, 1.54) is 5.56 Å². The molecule has 0 atom stereocenters. The molecule has 4 aromatic rings. The monoisotopic (exact) mass is 356 g/mol. The number of nitrogens with one attached hydrogen (secondary N) is 1. The van der Waals surface area contributed by atoms with E-state index in [0.29, 0.717) is 11.2 Å². The van der Waals surface area contributed by atoms with E-state index in [1.54, 1.807) is 10.9 Å². The Labute approximate surface area is 157 Å². The number of aromatic nitrogens is 3. The van der Waals surface area contributed by atoms with Gasteiger partial charge in [-0.2, -0.15) is 5.10 Å². The van der Waals surface area contributed by atoms with Gasteiger partial charge in [-0.15, -0.1) is 0 Å². The maximum Gasteiger partial charge on any atom is 0.256 e. The van der Waals surface area contributed by atoms with Crippen LogP contribution in [0.5, 0.6) is 0 Å². The number of hydrogen-bond donors (Lipinski definition) is 1. The van der Waals surface area contributed by atoms with Crippen molar-refractivity contribution >= 4 is 22.6 Å². The number of aryl methyl sites for hydroxylation is 3. The lowest BCUT2D eigenvalue weighted by molar-refractivity contribution is 0.102. The maximum atomic E-state index is 13.0. The Morgan fingerprint density at radius 3 is 2.52 bits per heavy atom. The fourth-order valence-corrected chi connectivity index (χ4v) is 3.08. The minimum Gasteiger partial charge on any atom is -0.322 e. The van der Waals surface area contributed by atoms with Crippen LogP contribution in [0.2, 0.25) is 0 Å². The highest BCUT2D eigenvalue weighted by molar-refractivity contribution is 6.12. The largest absolute Gasteiger partial charge is 0.322 e. The van der Waals surface area contributed by atoms with Gasteiger partial charge in [-0.05, 0) is 43.2 Å². The van der Waals surface area contributed by atoms with Gasteiger partial charge in [0.2, 0.25) is 0 Å². The zero-order chi connectivity index (χ0) is 19.0. The summed E-state index contributed by atoms with van der Waals surface area (Å²) in [4.78, 5) is 17.7. The first-order valence-corrected chi connectivity index (χ1v) is 8.80. The van der Waals surface area contributed by atoms with Gasteiger partial charge < -0.3 is 5.32 Å². The van der Waals surface area contributed by atoms with Crippen LogP contribution in [0.15, 0.2) is 60.8 Å². The van der Waals surface area contributed by atoms with Crippen molar-refractivity contribution in [3.05, 3.63) is 77.5 Å². The third-order valence-corrected chi connectivity index (χ3v) is 4.78. The van der Waals surface area contributed by atoms with E-state index in [9.17, 15) is 4.79 Å². The van der Waals surface area contributed by atoms with Crippen LogP contribution in [0.1, 0.15) is 21.5 Å². The van der Waals surface area contributed by atoms with Gasteiger partial charge in [-0.25, -0.2) is 4.98 Å². The first-order chi connectivity index (χ1) is 13.0. The quantitative estimate of drug-likeness (QED) is 0.588. The molecule has 5 nitrogen and oxygen atoms in total. The molecule has 0 aliphatic carbocycles. The van der Waals surface area contributed by atoms with Crippen LogP contribution in [0.4, 0.5) is 5.69 Å². The summed E-state index contributed by atoms with van der Waals surface area (Å²) >= 11 is 0. The summed E-state index contributed by atoms with van der Waals surface area (Å²) in [6.45, 7) is 4.08. The van der Waals surface area contributed by atoms with Crippen LogP contribution in [0, 0.1) is 13.8 Å². The number of benzene rings is 2. The van der Waals surface area contributed by atoms with Crippen LogP contribution in [0.3, 0.4) is 0 Å². The molecule has 0 radical (unpaired) electrons. The van der Waals surface area contributed by atoms with Crippen LogP contribution in [0.25, 0.3) is 22.3 Å². The lowest BCUT2D eigenvalue weighted by Gasteiger charge is -2.10. The summed E-state index contributed by atoms with van der Waals surface area (Å²) in [5.41, 5.74) is 6.06. The lowest BCUT2D eigenvalue weighted by atomic mass is 10.1. The lowest BCUT2D eigenvalue weighted by Crippen LogP contribution is -2.13. The topological polar surface area (TPSA) is 59.8 Å². The predicted molar refractivity (Wildman–Crippen MR) is 108 cm³/mol. The molecule has 27 heavy (non-hydrogen) atoms. The molecule has 0 fully saturated rings. The van der Waals surface area contributed by atoms with Crippen molar-refractivity contribution in [1.29, 1.82) is 0 Å². The standard InChI is InChI=1S/C22H20N4O/c1-14-9-10-17(11-15(14)2)24-22(27)18-12-20(16-7-5-4-6-8-16)25-21-19(18)13-23-26(21)3/h4-13H,1-3H3,(H,24,27). The van der Waals surface area contributed by atoms with Crippen molar-refractivity contribution in [3.63, 3.8) is 0 Å². The number of fused-ring (bicyclic) bond motifs is 1. The van der Waals surface area contributed by atoms with Crippen LogP contribution < -0.4 is 5.32 Å². The van der Waals surface area contributed by atoms with Crippen LogP contribution >= 0.6 is 0 Å². The summed E-state index contributed by atoms with van der Waals surface area (Å²) in [5, 5.41) is 8.02. The van der Waals surface area contributed by atoms with Gasteiger partial charge in [0.15, 0.2) is 5.65 Å². The summed E-state index contributed by atoms with van der Waals surface area (Å²) in [7, 11) is 1.83. The summed E-state index contributed by atoms with van der Waals surface area (Å²) in [6, 6.07) is 17.6. The molecule has 0 saturated carbocycles. The number of carbonyl (C=O) groups is 1. The van der Waals surface area contributed by atoms with E-state index in [-0.39, 0.29) is 5.91 Å². The molecule has 134 valence electrons. The third-order valence-electron chi connectivity index (χ3n) is 4.78. The van der Waals surface area contributed by atoms with Crippen molar-refractivity contribution in [1.82, 2.24) is 14.8 Å². The highest BCUT2D eigenvalue weighted by Crippen LogP contribution is 2.25. The van der Waals surface area contributed by atoms with E-state index in [1.807, 2.05) is 68.6 Å². The van der Waals surface area contributed by atoms with Crippen LogP contribution in [-0.4, -0.2) is 20.7 Å². The molecule has 5 heteroatoms. The molecule has 0 unspecified atom stereocenters. The number of carbonyl (C=O) groups excluding carboxylic acids is 1. The molecule has 0 bridgehead atoms. The van der Waals surface area contributed by atoms with Gasteiger partial charge in [0.1, 0.15) is 0 Å². The summed E-state index contributed by atoms with van der Waals surface area (Å²) in [5.74, 6) is -0.171. The molecular formula is C22H20N4O. The van der Waals surface area contributed by atoms with Crippen molar-refractivity contribution in [2.75, 3.05) is 5.32 Å². The van der Waals surface area contributed by atoms with Gasteiger partial charge >= 0.3 is 0 Å². The minimum absolute atomic E-state index is 0.171. The van der Waals surface area contributed by atoms with Crippen molar-refractivity contribution in [3.8, 4) is 11.3 Å². The molecule has 0 spiro atoms.